The van der Waals surface area contributed by atoms with E-state index < -0.39 is 0 Å². The largest absolute Gasteiger partial charge is 0.354 e. The molecule has 3 aromatic heterocycles. The third-order valence-corrected chi connectivity index (χ3v) is 4.69. The summed E-state index contributed by atoms with van der Waals surface area (Å²) >= 11 is 6.47. The maximum absolute atomic E-state index is 6.47. The summed E-state index contributed by atoms with van der Waals surface area (Å²) in [5, 5.41) is 3.52. The fourth-order valence-corrected chi connectivity index (χ4v) is 3.50. The lowest BCUT2D eigenvalue weighted by atomic mass is 10.1. The first-order valence-corrected chi connectivity index (χ1v) is 8.62. The van der Waals surface area contributed by atoms with Crippen LogP contribution in [0.25, 0.3) is 32.7 Å². The van der Waals surface area contributed by atoms with Gasteiger partial charge in [-0.25, -0.2) is 4.98 Å². The summed E-state index contributed by atoms with van der Waals surface area (Å²) in [7, 11) is 0. The first-order chi connectivity index (χ1) is 12.8. The van der Waals surface area contributed by atoms with Crippen molar-refractivity contribution < 1.29 is 0 Å². The molecule has 0 unspecified atom stereocenters. The number of pyridine rings is 2. The molecule has 0 saturated heterocycles. The summed E-state index contributed by atoms with van der Waals surface area (Å²) in [5.41, 5.74) is 4.52. The standard InChI is InChI=1S/C21H13ClN4/c22-21-19-15-6-1-2-7-17(15)25-20(19)16-11-13(8-9-18(16)26-21)24-12-14-5-3-4-10-23-14/h1-12,25H. The summed E-state index contributed by atoms with van der Waals surface area (Å²) in [6, 6.07) is 19.7. The second kappa shape index (κ2) is 5.93. The zero-order valence-electron chi connectivity index (χ0n) is 13.6. The Bertz CT molecular complexity index is 1290. The highest BCUT2D eigenvalue weighted by Gasteiger charge is 2.13. The molecule has 5 rings (SSSR count). The lowest BCUT2D eigenvalue weighted by Crippen LogP contribution is -1.85. The molecule has 0 fully saturated rings. The molecule has 3 heterocycles. The van der Waals surface area contributed by atoms with Gasteiger partial charge in [-0.1, -0.05) is 35.9 Å². The van der Waals surface area contributed by atoms with Crippen LogP contribution in [0, 0.1) is 0 Å². The van der Waals surface area contributed by atoms with Crippen molar-refractivity contribution in [3.05, 3.63) is 77.7 Å². The molecule has 0 atom stereocenters. The van der Waals surface area contributed by atoms with Gasteiger partial charge in [0.1, 0.15) is 5.15 Å². The lowest BCUT2D eigenvalue weighted by molar-refractivity contribution is 1.30. The van der Waals surface area contributed by atoms with Crippen LogP contribution in [-0.2, 0) is 0 Å². The molecule has 0 radical (unpaired) electrons. The minimum atomic E-state index is 0.509. The second-order valence-electron chi connectivity index (χ2n) is 6.04. The highest BCUT2D eigenvalue weighted by molar-refractivity contribution is 6.38. The number of nitrogens with zero attached hydrogens (tertiary/aromatic N) is 3. The van der Waals surface area contributed by atoms with E-state index in [4.69, 9.17) is 11.6 Å². The maximum Gasteiger partial charge on any atom is 0.139 e. The molecule has 0 aliphatic rings. The van der Waals surface area contributed by atoms with E-state index in [1.807, 2.05) is 54.6 Å². The summed E-state index contributed by atoms with van der Waals surface area (Å²) in [6.07, 6.45) is 3.51. The molecular weight excluding hydrogens is 344 g/mol. The van der Waals surface area contributed by atoms with Crippen LogP contribution in [0.2, 0.25) is 5.15 Å². The highest BCUT2D eigenvalue weighted by Crippen LogP contribution is 2.35. The van der Waals surface area contributed by atoms with E-state index in [9.17, 15) is 0 Å². The SMILES string of the molecule is Clc1nc2ccc(N=Cc3ccccn3)cc2c2[nH]c3ccccc3c12. The van der Waals surface area contributed by atoms with Crippen molar-refractivity contribution in [3.63, 3.8) is 0 Å². The van der Waals surface area contributed by atoms with Crippen LogP contribution in [0.3, 0.4) is 0 Å². The van der Waals surface area contributed by atoms with E-state index >= 15 is 0 Å². The predicted molar refractivity (Wildman–Crippen MR) is 108 cm³/mol. The Balaban J connectivity index is 1.73. The van der Waals surface area contributed by atoms with E-state index in [2.05, 4.69) is 26.0 Å². The predicted octanol–water partition coefficient (Wildman–Crippen LogP) is 5.67. The van der Waals surface area contributed by atoms with E-state index in [1.165, 1.54) is 0 Å². The van der Waals surface area contributed by atoms with Gasteiger partial charge in [0.15, 0.2) is 0 Å². The van der Waals surface area contributed by atoms with Crippen LogP contribution in [0.1, 0.15) is 5.69 Å². The average molecular weight is 357 g/mol. The minimum Gasteiger partial charge on any atom is -0.354 e. The number of H-pyrrole nitrogens is 1. The Morgan fingerprint density at radius 2 is 1.85 bits per heavy atom. The Morgan fingerprint density at radius 1 is 0.962 bits per heavy atom. The van der Waals surface area contributed by atoms with Crippen molar-refractivity contribution in [1.82, 2.24) is 15.0 Å². The molecular formula is C21H13ClN4. The summed E-state index contributed by atoms with van der Waals surface area (Å²) in [4.78, 5) is 16.8. The molecule has 0 bridgehead atoms. The molecule has 5 heteroatoms. The van der Waals surface area contributed by atoms with Gasteiger partial charge in [-0.15, -0.1) is 0 Å². The van der Waals surface area contributed by atoms with Gasteiger partial charge in [0.25, 0.3) is 0 Å². The number of para-hydroxylation sites is 1. The number of nitrogens with one attached hydrogen (secondary N) is 1. The summed E-state index contributed by atoms with van der Waals surface area (Å²) < 4.78 is 0. The quantitative estimate of drug-likeness (QED) is 0.327. The van der Waals surface area contributed by atoms with E-state index in [0.717, 1.165) is 44.1 Å². The first-order valence-electron chi connectivity index (χ1n) is 8.24. The van der Waals surface area contributed by atoms with Crippen molar-refractivity contribution >= 4 is 56.2 Å². The third-order valence-electron chi connectivity index (χ3n) is 4.41. The zero-order valence-corrected chi connectivity index (χ0v) is 14.4. The average Bonchev–Trinajstić information content (AvgIpc) is 3.08. The molecule has 0 spiro atoms. The van der Waals surface area contributed by atoms with Crippen LogP contribution in [-0.4, -0.2) is 21.2 Å². The Labute approximate surface area is 154 Å². The Hall–Kier alpha value is -3.24. The molecule has 0 aliphatic carbocycles. The van der Waals surface area contributed by atoms with Crippen LogP contribution >= 0.6 is 11.6 Å². The highest BCUT2D eigenvalue weighted by atomic mass is 35.5. The monoisotopic (exact) mass is 356 g/mol. The van der Waals surface area contributed by atoms with Crippen molar-refractivity contribution in [1.29, 1.82) is 0 Å². The van der Waals surface area contributed by atoms with Crippen LogP contribution in [0.5, 0.6) is 0 Å². The van der Waals surface area contributed by atoms with Crippen molar-refractivity contribution in [2.45, 2.75) is 0 Å². The van der Waals surface area contributed by atoms with Crippen LogP contribution in [0.4, 0.5) is 5.69 Å². The van der Waals surface area contributed by atoms with Gasteiger partial charge >= 0.3 is 0 Å². The number of aliphatic imine (C=N–C) groups is 1. The molecule has 124 valence electrons. The number of fused-ring (bicyclic) bond motifs is 5. The normalized spacial score (nSPS) is 11.9. The van der Waals surface area contributed by atoms with Gasteiger partial charge in [0, 0.05) is 27.9 Å². The zero-order chi connectivity index (χ0) is 17.5. The number of aromatic amines is 1. The third kappa shape index (κ3) is 2.43. The Kier molecular flexibility index (Phi) is 3.43. The lowest BCUT2D eigenvalue weighted by Gasteiger charge is -2.03. The second-order valence-corrected chi connectivity index (χ2v) is 6.40. The van der Waals surface area contributed by atoms with E-state index in [1.54, 1.807) is 12.4 Å². The summed E-state index contributed by atoms with van der Waals surface area (Å²) in [5.74, 6) is 0. The molecule has 0 aliphatic heterocycles. The number of rotatable bonds is 2. The fraction of sp³-hybridized carbons (Fsp3) is 0. The number of benzene rings is 2. The van der Waals surface area contributed by atoms with Crippen molar-refractivity contribution in [3.8, 4) is 0 Å². The molecule has 4 nitrogen and oxygen atoms in total. The molecule has 1 N–H and O–H groups in total. The van der Waals surface area contributed by atoms with Crippen molar-refractivity contribution in [2.75, 3.05) is 0 Å². The van der Waals surface area contributed by atoms with Gasteiger partial charge in [0.05, 0.1) is 28.6 Å². The van der Waals surface area contributed by atoms with E-state index in [-0.39, 0.29) is 0 Å². The van der Waals surface area contributed by atoms with Gasteiger partial charge in [-0.2, -0.15) is 0 Å². The first kappa shape index (κ1) is 15.0. The Morgan fingerprint density at radius 3 is 2.73 bits per heavy atom. The van der Waals surface area contributed by atoms with Gasteiger partial charge in [0.2, 0.25) is 0 Å². The van der Waals surface area contributed by atoms with Gasteiger partial charge in [-0.05, 0) is 36.4 Å². The van der Waals surface area contributed by atoms with Gasteiger partial charge < -0.3 is 4.98 Å². The maximum atomic E-state index is 6.47. The van der Waals surface area contributed by atoms with Crippen LogP contribution < -0.4 is 0 Å². The molecule has 5 aromatic rings. The van der Waals surface area contributed by atoms with Gasteiger partial charge in [-0.3, -0.25) is 9.98 Å². The molecule has 26 heavy (non-hydrogen) atoms. The van der Waals surface area contributed by atoms with Crippen LogP contribution in [0.15, 0.2) is 71.9 Å². The molecule has 2 aromatic carbocycles. The summed E-state index contributed by atoms with van der Waals surface area (Å²) in [6.45, 7) is 0. The molecule has 0 amide bonds. The number of hydrogen-bond acceptors (Lipinski definition) is 3. The molecule has 0 saturated carbocycles. The number of aromatic nitrogens is 3. The minimum absolute atomic E-state index is 0.509. The topological polar surface area (TPSA) is 53.9 Å². The number of hydrogen-bond donors (Lipinski definition) is 1. The van der Waals surface area contributed by atoms with E-state index in [0.29, 0.717) is 5.15 Å². The fourth-order valence-electron chi connectivity index (χ4n) is 3.21. The van der Waals surface area contributed by atoms with Crippen molar-refractivity contribution in [2.24, 2.45) is 4.99 Å². The number of halogens is 1. The smallest absolute Gasteiger partial charge is 0.139 e.